The highest BCUT2D eigenvalue weighted by Crippen LogP contribution is 2.26. The Hall–Kier alpha value is -1.68. The van der Waals surface area contributed by atoms with Crippen molar-refractivity contribution >= 4 is 17.3 Å². The number of hydrogen-bond acceptors (Lipinski definition) is 3. The fourth-order valence-corrected chi connectivity index (χ4v) is 1.77. The Morgan fingerprint density at radius 1 is 1.47 bits per heavy atom. The Morgan fingerprint density at radius 2 is 2.29 bits per heavy atom. The van der Waals surface area contributed by atoms with Crippen LogP contribution in [-0.4, -0.2) is 14.7 Å². The maximum Gasteiger partial charge on any atom is 0.134 e. The molecule has 0 radical (unpaired) electrons. The molecule has 1 heterocycles. The molecule has 1 aromatic carbocycles. The van der Waals surface area contributed by atoms with E-state index in [1.807, 2.05) is 6.20 Å². The van der Waals surface area contributed by atoms with E-state index in [1.54, 1.807) is 24.4 Å². The molecule has 5 heteroatoms. The number of nitrogens with zero attached hydrogens (tertiary/aromatic N) is 2. The van der Waals surface area contributed by atoms with Crippen LogP contribution >= 0.6 is 11.6 Å². The standard InChI is InChI=1S/C12H14ClN3O/c1-2-16-6-5-14-12(16)8-15-9-3-4-11(17)10(13)7-9/h3-7,15,17H,2,8H2,1H3. The SMILES string of the molecule is CCn1ccnc1CNc1ccc(O)c(Cl)c1. The number of phenols is 1. The van der Waals surface area contributed by atoms with Crippen molar-refractivity contribution in [2.24, 2.45) is 0 Å². The van der Waals surface area contributed by atoms with E-state index in [-0.39, 0.29) is 5.75 Å². The predicted molar refractivity (Wildman–Crippen MR) is 68.3 cm³/mol. The smallest absolute Gasteiger partial charge is 0.134 e. The number of imidazole rings is 1. The van der Waals surface area contributed by atoms with Gasteiger partial charge in [-0.2, -0.15) is 0 Å². The highest BCUT2D eigenvalue weighted by atomic mass is 35.5. The van der Waals surface area contributed by atoms with Crippen molar-refractivity contribution in [2.75, 3.05) is 5.32 Å². The molecule has 0 atom stereocenters. The lowest BCUT2D eigenvalue weighted by Gasteiger charge is -2.08. The zero-order valence-corrected chi connectivity index (χ0v) is 10.3. The van der Waals surface area contributed by atoms with E-state index in [0.717, 1.165) is 18.1 Å². The molecule has 0 spiro atoms. The third-order valence-corrected chi connectivity index (χ3v) is 2.84. The number of anilines is 1. The van der Waals surface area contributed by atoms with Gasteiger partial charge in [0.05, 0.1) is 11.6 Å². The zero-order chi connectivity index (χ0) is 12.3. The molecule has 2 N–H and O–H groups in total. The van der Waals surface area contributed by atoms with E-state index < -0.39 is 0 Å². The van der Waals surface area contributed by atoms with Crippen LogP contribution in [-0.2, 0) is 13.1 Å². The van der Waals surface area contributed by atoms with E-state index in [1.165, 1.54) is 0 Å². The van der Waals surface area contributed by atoms with Crippen molar-refractivity contribution in [1.82, 2.24) is 9.55 Å². The summed E-state index contributed by atoms with van der Waals surface area (Å²) in [7, 11) is 0. The van der Waals surface area contributed by atoms with Crippen LogP contribution in [0.5, 0.6) is 5.75 Å². The summed E-state index contributed by atoms with van der Waals surface area (Å²) in [5.41, 5.74) is 0.860. The van der Waals surface area contributed by atoms with E-state index in [4.69, 9.17) is 11.6 Å². The van der Waals surface area contributed by atoms with Gasteiger partial charge in [0, 0.05) is 24.6 Å². The summed E-state index contributed by atoms with van der Waals surface area (Å²) < 4.78 is 2.06. The van der Waals surface area contributed by atoms with Crippen LogP contribution in [0, 0.1) is 0 Å². The first-order valence-corrected chi connectivity index (χ1v) is 5.81. The fraction of sp³-hybridized carbons (Fsp3) is 0.250. The Balaban J connectivity index is 2.05. The van der Waals surface area contributed by atoms with Gasteiger partial charge in [-0.25, -0.2) is 4.98 Å². The first kappa shape index (κ1) is 11.8. The lowest BCUT2D eigenvalue weighted by atomic mass is 10.3. The molecule has 0 aliphatic rings. The van der Waals surface area contributed by atoms with Crippen molar-refractivity contribution in [3.63, 3.8) is 0 Å². The monoisotopic (exact) mass is 251 g/mol. The van der Waals surface area contributed by atoms with Crippen molar-refractivity contribution in [1.29, 1.82) is 0 Å². The number of aryl methyl sites for hydroxylation is 1. The number of phenolic OH excluding ortho intramolecular Hbond substituents is 1. The molecule has 0 bridgehead atoms. The summed E-state index contributed by atoms with van der Waals surface area (Å²) in [6.45, 7) is 3.60. The average Bonchev–Trinajstić information content (AvgIpc) is 2.78. The van der Waals surface area contributed by atoms with Crippen LogP contribution in [0.15, 0.2) is 30.6 Å². The largest absolute Gasteiger partial charge is 0.506 e. The van der Waals surface area contributed by atoms with Crippen LogP contribution < -0.4 is 5.32 Å². The topological polar surface area (TPSA) is 50.1 Å². The predicted octanol–water partition coefficient (Wildman–Crippen LogP) is 2.87. The third kappa shape index (κ3) is 2.71. The Kier molecular flexibility index (Phi) is 3.54. The summed E-state index contributed by atoms with van der Waals surface area (Å²) in [6, 6.07) is 5.04. The van der Waals surface area contributed by atoms with Crippen molar-refractivity contribution in [2.45, 2.75) is 20.0 Å². The summed E-state index contributed by atoms with van der Waals surface area (Å²) >= 11 is 5.82. The summed E-state index contributed by atoms with van der Waals surface area (Å²) in [6.07, 6.45) is 3.73. The van der Waals surface area contributed by atoms with Gasteiger partial charge in [-0.05, 0) is 25.1 Å². The second-order valence-electron chi connectivity index (χ2n) is 3.65. The molecule has 0 saturated carbocycles. The van der Waals surface area contributed by atoms with Gasteiger partial charge in [-0.1, -0.05) is 11.6 Å². The van der Waals surface area contributed by atoms with Crippen molar-refractivity contribution in [3.8, 4) is 5.75 Å². The molecule has 0 saturated heterocycles. The lowest BCUT2D eigenvalue weighted by molar-refractivity contribution is 0.475. The van der Waals surface area contributed by atoms with Crippen LogP contribution in [0.2, 0.25) is 5.02 Å². The summed E-state index contributed by atoms with van der Waals surface area (Å²) in [4.78, 5) is 4.26. The van der Waals surface area contributed by atoms with Gasteiger partial charge >= 0.3 is 0 Å². The Labute approximate surface area is 105 Å². The number of halogens is 1. The second-order valence-corrected chi connectivity index (χ2v) is 4.06. The zero-order valence-electron chi connectivity index (χ0n) is 9.52. The molecular formula is C12H14ClN3O. The van der Waals surface area contributed by atoms with Gasteiger partial charge in [0.15, 0.2) is 0 Å². The fourth-order valence-electron chi connectivity index (χ4n) is 1.59. The summed E-state index contributed by atoms with van der Waals surface area (Å²) in [5.74, 6) is 1.06. The Morgan fingerprint density at radius 3 is 3.00 bits per heavy atom. The van der Waals surface area contributed by atoms with Crippen LogP contribution in [0.4, 0.5) is 5.69 Å². The van der Waals surface area contributed by atoms with Gasteiger partial charge in [-0.3, -0.25) is 0 Å². The first-order chi connectivity index (χ1) is 8.20. The van der Waals surface area contributed by atoms with Crippen LogP contribution in [0.3, 0.4) is 0 Å². The molecular weight excluding hydrogens is 238 g/mol. The molecule has 0 aliphatic heterocycles. The van der Waals surface area contributed by atoms with Crippen molar-refractivity contribution < 1.29 is 5.11 Å². The number of hydrogen-bond donors (Lipinski definition) is 2. The molecule has 0 unspecified atom stereocenters. The van der Waals surface area contributed by atoms with E-state index in [9.17, 15) is 5.11 Å². The first-order valence-electron chi connectivity index (χ1n) is 5.43. The molecule has 2 aromatic rings. The molecule has 0 fully saturated rings. The highest BCUT2D eigenvalue weighted by molar-refractivity contribution is 6.32. The molecule has 90 valence electrons. The van der Waals surface area contributed by atoms with Crippen LogP contribution in [0.1, 0.15) is 12.7 Å². The van der Waals surface area contributed by atoms with E-state index in [2.05, 4.69) is 21.8 Å². The quantitative estimate of drug-likeness (QED) is 0.822. The van der Waals surface area contributed by atoms with E-state index >= 15 is 0 Å². The number of aromatic hydroxyl groups is 1. The van der Waals surface area contributed by atoms with Gasteiger partial charge in [-0.15, -0.1) is 0 Å². The van der Waals surface area contributed by atoms with Crippen LogP contribution in [0.25, 0.3) is 0 Å². The van der Waals surface area contributed by atoms with Gasteiger partial charge in [0.2, 0.25) is 0 Å². The van der Waals surface area contributed by atoms with Gasteiger partial charge in [0.1, 0.15) is 11.6 Å². The minimum Gasteiger partial charge on any atom is -0.506 e. The maximum absolute atomic E-state index is 9.30. The maximum atomic E-state index is 9.30. The number of nitrogens with one attached hydrogen (secondary N) is 1. The average molecular weight is 252 g/mol. The molecule has 0 aliphatic carbocycles. The number of rotatable bonds is 4. The van der Waals surface area contributed by atoms with Gasteiger partial charge in [0.25, 0.3) is 0 Å². The van der Waals surface area contributed by atoms with Crippen molar-refractivity contribution in [3.05, 3.63) is 41.4 Å². The minimum atomic E-state index is 0.0901. The third-order valence-electron chi connectivity index (χ3n) is 2.54. The highest BCUT2D eigenvalue weighted by Gasteiger charge is 2.02. The van der Waals surface area contributed by atoms with E-state index in [0.29, 0.717) is 11.6 Å². The summed E-state index contributed by atoms with van der Waals surface area (Å²) in [5, 5.41) is 12.9. The number of aromatic nitrogens is 2. The van der Waals surface area contributed by atoms with Gasteiger partial charge < -0.3 is 15.0 Å². The molecule has 4 nitrogen and oxygen atoms in total. The lowest BCUT2D eigenvalue weighted by Crippen LogP contribution is -2.07. The molecule has 0 amide bonds. The molecule has 17 heavy (non-hydrogen) atoms. The second kappa shape index (κ2) is 5.10. The molecule has 2 rings (SSSR count). The normalized spacial score (nSPS) is 10.5. The Bertz CT molecular complexity index is 510. The molecule has 1 aromatic heterocycles. The number of benzene rings is 1. The minimum absolute atomic E-state index is 0.0901.